The summed E-state index contributed by atoms with van der Waals surface area (Å²) in [5, 5.41) is 5.80. The fourth-order valence-corrected chi connectivity index (χ4v) is 2.60. The molecule has 104 valence electrons. The number of urea groups is 1. The number of anilines is 1. The van der Waals surface area contributed by atoms with E-state index in [1.807, 2.05) is 62.4 Å². The van der Waals surface area contributed by atoms with E-state index in [0.29, 0.717) is 0 Å². The Morgan fingerprint density at radius 2 is 1.75 bits per heavy atom. The van der Waals surface area contributed by atoms with Crippen molar-refractivity contribution in [1.29, 1.82) is 0 Å². The number of amides is 2. The third kappa shape index (κ3) is 3.61. The summed E-state index contributed by atoms with van der Waals surface area (Å²) in [5.41, 5.74) is 2.91. The van der Waals surface area contributed by atoms with Gasteiger partial charge in [-0.05, 0) is 37.1 Å². The summed E-state index contributed by atoms with van der Waals surface area (Å²) in [4.78, 5) is 12.0. The number of hydrogen-bond donors (Lipinski definition) is 2. The maximum atomic E-state index is 12.0. The van der Waals surface area contributed by atoms with Gasteiger partial charge >= 0.3 is 6.03 Å². The molecule has 2 rings (SSSR count). The van der Waals surface area contributed by atoms with Gasteiger partial charge in [0.1, 0.15) is 0 Å². The van der Waals surface area contributed by atoms with Crippen LogP contribution in [0.2, 0.25) is 0 Å². The van der Waals surface area contributed by atoms with E-state index >= 15 is 0 Å². The third-order valence-corrected chi connectivity index (χ3v) is 3.83. The second kappa shape index (κ2) is 6.57. The number of hydrogen-bond acceptors (Lipinski definition) is 1. The quantitative estimate of drug-likeness (QED) is 0.844. The maximum absolute atomic E-state index is 12.0. The molecule has 0 aromatic heterocycles. The van der Waals surface area contributed by atoms with Gasteiger partial charge in [-0.15, -0.1) is 0 Å². The van der Waals surface area contributed by atoms with Crippen LogP contribution < -0.4 is 10.6 Å². The Balaban J connectivity index is 2.02. The second-order valence-electron chi connectivity index (χ2n) is 4.66. The van der Waals surface area contributed by atoms with Crippen LogP contribution in [0.4, 0.5) is 10.5 Å². The highest BCUT2D eigenvalue weighted by molar-refractivity contribution is 9.10. The smallest absolute Gasteiger partial charge is 0.319 e. The highest BCUT2D eigenvalue weighted by Gasteiger charge is 2.12. The predicted molar refractivity (Wildman–Crippen MR) is 85.9 cm³/mol. The number of aryl methyl sites for hydroxylation is 1. The van der Waals surface area contributed by atoms with Gasteiger partial charge in [-0.25, -0.2) is 4.79 Å². The molecule has 0 spiro atoms. The van der Waals surface area contributed by atoms with Crippen molar-refractivity contribution in [2.24, 2.45) is 0 Å². The molecular weight excluding hydrogens is 316 g/mol. The molecular formula is C16H17BrN2O. The summed E-state index contributed by atoms with van der Waals surface area (Å²) < 4.78 is 0.990. The highest BCUT2D eigenvalue weighted by atomic mass is 79.9. The van der Waals surface area contributed by atoms with Gasteiger partial charge in [0.25, 0.3) is 0 Å². The number of nitrogens with one attached hydrogen (secondary N) is 2. The average molecular weight is 333 g/mol. The van der Waals surface area contributed by atoms with E-state index in [1.54, 1.807) is 0 Å². The Hall–Kier alpha value is -1.81. The molecule has 0 aliphatic heterocycles. The van der Waals surface area contributed by atoms with Crippen molar-refractivity contribution < 1.29 is 4.79 Å². The Morgan fingerprint density at radius 1 is 1.10 bits per heavy atom. The zero-order valence-electron chi connectivity index (χ0n) is 11.5. The molecule has 0 bridgehead atoms. The lowest BCUT2D eigenvalue weighted by Gasteiger charge is -2.17. The number of carbonyl (C=O) groups excluding carboxylic acids is 1. The number of carbonyl (C=O) groups is 1. The summed E-state index contributed by atoms with van der Waals surface area (Å²) in [6.45, 7) is 3.92. The van der Waals surface area contributed by atoms with Crippen molar-refractivity contribution in [3.05, 3.63) is 64.1 Å². The first-order valence-corrected chi connectivity index (χ1v) is 7.25. The monoisotopic (exact) mass is 332 g/mol. The van der Waals surface area contributed by atoms with E-state index in [9.17, 15) is 4.79 Å². The largest absolute Gasteiger partial charge is 0.331 e. The van der Waals surface area contributed by atoms with E-state index in [4.69, 9.17) is 0 Å². The fraction of sp³-hybridized carbons (Fsp3) is 0.188. The molecule has 20 heavy (non-hydrogen) atoms. The first-order chi connectivity index (χ1) is 9.58. The normalized spacial score (nSPS) is 11.8. The molecule has 0 heterocycles. The molecule has 1 atom stereocenters. The van der Waals surface area contributed by atoms with E-state index in [1.165, 1.54) is 0 Å². The molecule has 0 unspecified atom stereocenters. The molecule has 0 fully saturated rings. The Labute approximate surface area is 127 Å². The van der Waals surface area contributed by atoms with Crippen molar-refractivity contribution in [3.63, 3.8) is 0 Å². The predicted octanol–water partition coefficient (Wildman–Crippen LogP) is 4.64. The standard InChI is InChI=1S/C16H17BrN2O/c1-11-7-3-6-10-15(11)19-16(20)18-12(2)13-8-4-5-9-14(13)17/h3-10,12H,1-2H3,(H2,18,19,20)/t12-/m1/s1. The number of rotatable bonds is 3. The second-order valence-corrected chi connectivity index (χ2v) is 5.51. The lowest BCUT2D eigenvalue weighted by Crippen LogP contribution is -2.31. The van der Waals surface area contributed by atoms with Crippen molar-refractivity contribution in [3.8, 4) is 0 Å². The molecule has 0 aliphatic carbocycles. The lowest BCUT2D eigenvalue weighted by atomic mass is 10.1. The van der Waals surface area contributed by atoms with Crippen LogP contribution in [-0.2, 0) is 0 Å². The summed E-state index contributed by atoms with van der Waals surface area (Å²) >= 11 is 3.49. The third-order valence-electron chi connectivity index (χ3n) is 3.11. The van der Waals surface area contributed by atoms with Crippen molar-refractivity contribution in [2.75, 3.05) is 5.32 Å². The minimum absolute atomic E-state index is 0.0745. The summed E-state index contributed by atoms with van der Waals surface area (Å²) in [6, 6.07) is 15.3. The molecule has 2 aromatic rings. The Morgan fingerprint density at radius 3 is 2.45 bits per heavy atom. The first kappa shape index (κ1) is 14.6. The highest BCUT2D eigenvalue weighted by Crippen LogP contribution is 2.22. The van der Waals surface area contributed by atoms with Gasteiger partial charge in [-0.2, -0.15) is 0 Å². The van der Waals surface area contributed by atoms with Crippen LogP contribution in [-0.4, -0.2) is 6.03 Å². The number of para-hydroxylation sites is 1. The van der Waals surface area contributed by atoms with Crippen LogP contribution in [0.15, 0.2) is 53.0 Å². The number of benzene rings is 2. The first-order valence-electron chi connectivity index (χ1n) is 6.45. The molecule has 2 N–H and O–H groups in total. The van der Waals surface area contributed by atoms with Crippen LogP contribution in [0.5, 0.6) is 0 Å². The van der Waals surface area contributed by atoms with Crippen molar-refractivity contribution in [2.45, 2.75) is 19.9 Å². The molecule has 4 heteroatoms. The average Bonchev–Trinajstić information content (AvgIpc) is 2.41. The fourth-order valence-electron chi connectivity index (χ4n) is 1.97. The van der Waals surface area contributed by atoms with Gasteiger partial charge in [-0.3, -0.25) is 0 Å². The minimum atomic E-state index is -0.206. The van der Waals surface area contributed by atoms with Gasteiger partial charge in [0.15, 0.2) is 0 Å². The van der Waals surface area contributed by atoms with E-state index in [2.05, 4.69) is 26.6 Å². The molecule has 0 saturated carbocycles. The van der Waals surface area contributed by atoms with Crippen LogP contribution in [0.25, 0.3) is 0 Å². The van der Waals surface area contributed by atoms with Crippen LogP contribution in [0.3, 0.4) is 0 Å². The Kier molecular flexibility index (Phi) is 4.79. The van der Waals surface area contributed by atoms with E-state index in [0.717, 1.165) is 21.3 Å². The van der Waals surface area contributed by atoms with Crippen molar-refractivity contribution in [1.82, 2.24) is 5.32 Å². The molecule has 0 radical (unpaired) electrons. The molecule has 0 saturated heterocycles. The van der Waals surface area contributed by atoms with E-state index < -0.39 is 0 Å². The summed E-state index contributed by atoms with van der Waals surface area (Å²) in [6.07, 6.45) is 0. The topological polar surface area (TPSA) is 41.1 Å². The molecule has 2 aromatic carbocycles. The maximum Gasteiger partial charge on any atom is 0.319 e. The summed E-state index contributed by atoms with van der Waals surface area (Å²) in [5.74, 6) is 0. The van der Waals surface area contributed by atoms with Crippen molar-refractivity contribution >= 4 is 27.6 Å². The van der Waals surface area contributed by atoms with Gasteiger partial charge in [-0.1, -0.05) is 52.3 Å². The molecule has 3 nitrogen and oxygen atoms in total. The van der Waals surface area contributed by atoms with Gasteiger partial charge < -0.3 is 10.6 Å². The summed E-state index contributed by atoms with van der Waals surface area (Å²) in [7, 11) is 0. The Bertz CT molecular complexity index is 613. The van der Waals surface area contributed by atoms with Crippen LogP contribution >= 0.6 is 15.9 Å². The van der Waals surface area contributed by atoms with E-state index in [-0.39, 0.29) is 12.1 Å². The van der Waals surface area contributed by atoms with Gasteiger partial charge in [0.05, 0.1) is 6.04 Å². The zero-order chi connectivity index (χ0) is 14.5. The minimum Gasteiger partial charge on any atom is -0.331 e. The van der Waals surface area contributed by atoms with Gasteiger partial charge in [0.2, 0.25) is 0 Å². The lowest BCUT2D eigenvalue weighted by molar-refractivity contribution is 0.249. The van der Waals surface area contributed by atoms with Crippen LogP contribution in [0, 0.1) is 6.92 Å². The number of halogens is 1. The SMILES string of the molecule is Cc1ccccc1NC(=O)N[C@H](C)c1ccccc1Br. The molecule has 0 aliphatic rings. The molecule has 2 amide bonds. The zero-order valence-corrected chi connectivity index (χ0v) is 13.1. The van der Waals surface area contributed by atoms with Gasteiger partial charge in [0, 0.05) is 10.2 Å². The van der Waals surface area contributed by atoms with Crippen LogP contribution in [0.1, 0.15) is 24.1 Å².